The lowest BCUT2D eigenvalue weighted by atomic mass is 9.95. The van der Waals surface area contributed by atoms with E-state index < -0.39 is 0 Å². The molecule has 0 amide bonds. The third kappa shape index (κ3) is 2.78. The molecule has 2 rings (SSSR count). The second-order valence-corrected chi connectivity index (χ2v) is 5.76. The van der Waals surface area contributed by atoms with Crippen molar-refractivity contribution in [3.05, 3.63) is 0 Å². The zero-order valence-electron chi connectivity index (χ0n) is 10.8. The summed E-state index contributed by atoms with van der Waals surface area (Å²) in [5, 5.41) is 0. The summed E-state index contributed by atoms with van der Waals surface area (Å²) >= 11 is 0. The third-order valence-electron chi connectivity index (χ3n) is 4.76. The van der Waals surface area contributed by atoms with Gasteiger partial charge < -0.3 is 5.73 Å². The second-order valence-electron chi connectivity index (χ2n) is 5.76. The monoisotopic (exact) mass is 224 g/mol. The average molecular weight is 224 g/mol. The van der Waals surface area contributed by atoms with Crippen molar-refractivity contribution in [3.63, 3.8) is 0 Å². The van der Waals surface area contributed by atoms with Crippen LogP contribution in [0.15, 0.2) is 0 Å². The van der Waals surface area contributed by atoms with E-state index >= 15 is 0 Å². The zero-order valence-corrected chi connectivity index (χ0v) is 10.8. The van der Waals surface area contributed by atoms with E-state index in [0.717, 1.165) is 24.4 Å². The quantitative estimate of drug-likeness (QED) is 0.778. The van der Waals surface area contributed by atoms with Crippen LogP contribution in [0.2, 0.25) is 0 Å². The molecule has 2 heteroatoms. The van der Waals surface area contributed by atoms with Crippen molar-refractivity contribution in [2.24, 2.45) is 17.6 Å². The van der Waals surface area contributed by atoms with Gasteiger partial charge in [0.1, 0.15) is 0 Å². The van der Waals surface area contributed by atoms with Crippen molar-refractivity contribution in [3.8, 4) is 0 Å². The van der Waals surface area contributed by atoms with E-state index in [1.165, 1.54) is 58.0 Å². The van der Waals surface area contributed by atoms with Gasteiger partial charge in [0, 0.05) is 12.6 Å². The summed E-state index contributed by atoms with van der Waals surface area (Å²) in [4.78, 5) is 2.76. The van der Waals surface area contributed by atoms with E-state index in [1.54, 1.807) is 0 Å². The molecule has 1 aliphatic heterocycles. The van der Waals surface area contributed by atoms with Crippen molar-refractivity contribution < 1.29 is 0 Å². The van der Waals surface area contributed by atoms with Gasteiger partial charge in [-0.1, -0.05) is 26.2 Å². The van der Waals surface area contributed by atoms with Crippen molar-refractivity contribution >= 4 is 0 Å². The fourth-order valence-electron chi connectivity index (χ4n) is 3.66. The molecule has 1 saturated carbocycles. The van der Waals surface area contributed by atoms with Crippen LogP contribution in [0.25, 0.3) is 0 Å². The van der Waals surface area contributed by atoms with Crippen LogP contribution < -0.4 is 5.73 Å². The summed E-state index contributed by atoms with van der Waals surface area (Å²) in [6.07, 6.45) is 10.0. The van der Waals surface area contributed by atoms with Crippen molar-refractivity contribution in [1.29, 1.82) is 0 Å². The molecular weight excluding hydrogens is 196 g/mol. The van der Waals surface area contributed by atoms with E-state index in [2.05, 4.69) is 11.8 Å². The maximum atomic E-state index is 5.83. The molecule has 1 saturated heterocycles. The van der Waals surface area contributed by atoms with Crippen molar-refractivity contribution in [2.75, 3.05) is 19.6 Å². The second kappa shape index (κ2) is 6.02. The number of rotatable bonds is 5. The normalized spacial score (nSPS) is 30.0. The molecule has 16 heavy (non-hydrogen) atoms. The molecule has 2 nitrogen and oxygen atoms in total. The molecule has 0 radical (unpaired) electrons. The molecule has 2 unspecified atom stereocenters. The minimum atomic E-state index is 0.724. The van der Waals surface area contributed by atoms with Crippen LogP contribution in [0.1, 0.15) is 51.9 Å². The summed E-state index contributed by atoms with van der Waals surface area (Å²) < 4.78 is 0. The molecule has 1 aliphatic carbocycles. The first kappa shape index (κ1) is 12.4. The van der Waals surface area contributed by atoms with Gasteiger partial charge in [0.05, 0.1) is 0 Å². The molecule has 0 spiro atoms. The van der Waals surface area contributed by atoms with E-state index in [0.29, 0.717) is 0 Å². The highest BCUT2D eigenvalue weighted by Gasteiger charge is 2.33. The van der Waals surface area contributed by atoms with Crippen LogP contribution in [0.3, 0.4) is 0 Å². The lowest BCUT2D eigenvalue weighted by Gasteiger charge is -2.31. The third-order valence-corrected chi connectivity index (χ3v) is 4.76. The zero-order chi connectivity index (χ0) is 11.4. The molecule has 94 valence electrons. The number of hydrogen-bond donors (Lipinski definition) is 1. The highest BCUT2D eigenvalue weighted by atomic mass is 15.2. The molecule has 2 N–H and O–H groups in total. The number of hydrogen-bond acceptors (Lipinski definition) is 2. The van der Waals surface area contributed by atoms with E-state index in [1.807, 2.05) is 0 Å². The van der Waals surface area contributed by atoms with Gasteiger partial charge in [-0.05, 0) is 50.6 Å². The highest BCUT2D eigenvalue weighted by Crippen LogP contribution is 2.35. The molecule has 0 aromatic rings. The molecule has 1 heterocycles. The average Bonchev–Trinajstić information content (AvgIpc) is 2.95. The Hall–Kier alpha value is -0.0800. The summed E-state index contributed by atoms with van der Waals surface area (Å²) in [7, 11) is 0. The first-order chi connectivity index (χ1) is 7.85. The molecular formula is C14H28N2. The summed E-state index contributed by atoms with van der Waals surface area (Å²) in [5.74, 6) is 1.74. The van der Waals surface area contributed by atoms with Crippen LogP contribution in [-0.2, 0) is 0 Å². The molecule has 2 aliphatic rings. The first-order valence-electron chi connectivity index (χ1n) is 7.29. The molecule has 0 aromatic carbocycles. The summed E-state index contributed by atoms with van der Waals surface area (Å²) in [5.41, 5.74) is 5.83. The standard InChI is InChI=1S/C14H28N2/c1-2-12(10-15)11-16-9-5-8-14(16)13-6-3-4-7-13/h12-14H,2-11,15H2,1H3. The summed E-state index contributed by atoms with van der Waals surface area (Å²) in [6, 6.07) is 0.906. The molecule has 0 bridgehead atoms. The Morgan fingerprint density at radius 2 is 1.94 bits per heavy atom. The van der Waals surface area contributed by atoms with Crippen LogP contribution >= 0.6 is 0 Å². The minimum absolute atomic E-state index is 0.724. The topological polar surface area (TPSA) is 29.3 Å². The Kier molecular flexibility index (Phi) is 4.66. The number of likely N-dealkylation sites (tertiary alicyclic amines) is 1. The lowest BCUT2D eigenvalue weighted by molar-refractivity contribution is 0.164. The predicted octanol–water partition coefficient (Wildman–Crippen LogP) is 2.63. The Bertz CT molecular complexity index is 195. The van der Waals surface area contributed by atoms with E-state index in [9.17, 15) is 0 Å². The fourth-order valence-corrected chi connectivity index (χ4v) is 3.66. The number of nitrogens with two attached hydrogens (primary N) is 1. The smallest absolute Gasteiger partial charge is 0.0124 e. The fraction of sp³-hybridized carbons (Fsp3) is 1.00. The van der Waals surface area contributed by atoms with Crippen LogP contribution in [0, 0.1) is 11.8 Å². The van der Waals surface area contributed by atoms with Gasteiger partial charge >= 0.3 is 0 Å². The maximum absolute atomic E-state index is 5.83. The minimum Gasteiger partial charge on any atom is -0.330 e. The van der Waals surface area contributed by atoms with Gasteiger partial charge in [-0.3, -0.25) is 4.90 Å². The Morgan fingerprint density at radius 1 is 1.19 bits per heavy atom. The van der Waals surface area contributed by atoms with Crippen molar-refractivity contribution in [1.82, 2.24) is 4.90 Å². The largest absolute Gasteiger partial charge is 0.330 e. The summed E-state index contributed by atoms with van der Waals surface area (Å²) in [6.45, 7) is 5.73. The van der Waals surface area contributed by atoms with Crippen LogP contribution in [0.5, 0.6) is 0 Å². The van der Waals surface area contributed by atoms with Crippen LogP contribution in [0.4, 0.5) is 0 Å². The molecule has 2 fully saturated rings. The first-order valence-corrected chi connectivity index (χ1v) is 7.29. The maximum Gasteiger partial charge on any atom is 0.0124 e. The Morgan fingerprint density at radius 3 is 2.56 bits per heavy atom. The number of nitrogens with zero attached hydrogens (tertiary/aromatic N) is 1. The molecule has 0 aromatic heterocycles. The van der Waals surface area contributed by atoms with Crippen molar-refractivity contribution in [2.45, 2.75) is 57.9 Å². The van der Waals surface area contributed by atoms with Gasteiger partial charge in [-0.15, -0.1) is 0 Å². The Balaban J connectivity index is 1.87. The lowest BCUT2D eigenvalue weighted by Crippen LogP contribution is -2.39. The van der Waals surface area contributed by atoms with E-state index in [-0.39, 0.29) is 0 Å². The van der Waals surface area contributed by atoms with Gasteiger partial charge in [0.25, 0.3) is 0 Å². The van der Waals surface area contributed by atoms with Gasteiger partial charge in [-0.25, -0.2) is 0 Å². The molecule has 2 atom stereocenters. The van der Waals surface area contributed by atoms with Gasteiger partial charge in [0.15, 0.2) is 0 Å². The Labute approximate surface area is 101 Å². The van der Waals surface area contributed by atoms with Crippen LogP contribution in [-0.4, -0.2) is 30.6 Å². The van der Waals surface area contributed by atoms with E-state index in [4.69, 9.17) is 5.73 Å². The van der Waals surface area contributed by atoms with Gasteiger partial charge in [-0.2, -0.15) is 0 Å². The predicted molar refractivity (Wildman–Crippen MR) is 69.4 cm³/mol. The van der Waals surface area contributed by atoms with Gasteiger partial charge in [0.2, 0.25) is 0 Å². The highest BCUT2D eigenvalue weighted by molar-refractivity contribution is 4.88. The SMILES string of the molecule is CCC(CN)CN1CCCC1C1CCCC1.